The van der Waals surface area contributed by atoms with E-state index in [1.807, 2.05) is 0 Å². The lowest BCUT2D eigenvalue weighted by Gasteiger charge is -2.00. The van der Waals surface area contributed by atoms with Crippen molar-refractivity contribution in [3.05, 3.63) is 22.1 Å². The zero-order valence-corrected chi connectivity index (χ0v) is 8.79. The molecule has 0 aromatic carbocycles. The number of nitrogens with zero attached hydrogens (tertiary/aromatic N) is 3. The van der Waals surface area contributed by atoms with E-state index in [4.69, 9.17) is 17.3 Å². The van der Waals surface area contributed by atoms with Crippen molar-refractivity contribution in [1.82, 2.24) is 9.55 Å². The van der Waals surface area contributed by atoms with Crippen LogP contribution in [0.5, 0.6) is 0 Å². The largest absolute Gasteiger partial charge is 0.358 e. The molecular weight excluding hydrogens is 231 g/mol. The first kappa shape index (κ1) is 13.2. The first-order valence-corrected chi connectivity index (χ1v) is 4.19. The van der Waals surface area contributed by atoms with Crippen molar-refractivity contribution in [2.45, 2.75) is 12.4 Å². The van der Waals surface area contributed by atoms with Crippen LogP contribution in [-0.4, -0.2) is 21.0 Å². The molecule has 6 nitrogen and oxygen atoms in total. The Morgan fingerprint density at radius 1 is 1.71 bits per heavy atom. The van der Waals surface area contributed by atoms with E-state index in [1.54, 1.807) is 0 Å². The van der Waals surface area contributed by atoms with Crippen molar-refractivity contribution in [3.63, 3.8) is 0 Å². The minimum absolute atomic E-state index is 0. The molecule has 1 rings (SSSR count). The highest BCUT2D eigenvalue weighted by Gasteiger charge is 2.18. The van der Waals surface area contributed by atoms with E-state index < -0.39 is 4.92 Å². The van der Waals surface area contributed by atoms with E-state index >= 15 is 0 Å². The molecule has 0 saturated carbocycles. The zero-order valence-electron chi connectivity index (χ0n) is 7.22. The van der Waals surface area contributed by atoms with Gasteiger partial charge in [0.05, 0.1) is 0 Å². The lowest BCUT2D eigenvalue weighted by molar-refractivity contribution is -0.392. The van der Waals surface area contributed by atoms with Gasteiger partial charge < -0.3 is 15.8 Å². The molecule has 0 atom stereocenters. The summed E-state index contributed by atoms with van der Waals surface area (Å²) in [6.45, 7) is 0.680. The predicted molar refractivity (Wildman–Crippen MR) is 54.7 cm³/mol. The van der Waals surface area contributed by atoms with E-state index in [1.165, 1.54) is 10.8 Å². The van der Waals surface area contributed by atoms with Gasteiger partial charge in [-0.25, -0.2) is 9.55 Å². The summed E-state index contributed by atoms with van der Waals surface area (Å²) in [4.78, 5) is 13.8. The molecule has 0 aliphatic rings. The van der Waals surface area contributed by atoms with Crippen LogP contribution in [-0.2, 0) is 12.4 Å². The Hall–Kier alpha value is -0.850. The third-order valence-electron chi connectivity index (χ3n) is 1.58. The van der Waals surface area contributed by atoms with Gasteiger partial charge in [-0.15, -0.1) is 24.0 Å². The minimum Gasteiger partial charge on any atom is -0.358 e. The molecule has 0 spiro atoms. The molecule has 0 aliphatic carbocycles. The molecular formula is C6H10Cl2N4O2. The Labute approximate surface area is 91.6 Å². The van der Waals surface area contributed by atoms with E-state index in [2.05, 4.69) is 4.98 Å². The van der Waals surface area contributed by atoms with Crippen molar-refractivity contribution in [2.24, 2.45) is 5.73 Å². The van der Waals surface area contributed by atoms with Gasteiger partial charge in [0.25, 0.3) is 0 Å². The van der Waals surface area contributed by atoms with Crippen LogP contribution in [0.3, 0.4) is 0 Å². The molecule has 80 valence electrons. The number of nitrogens with two attached hydrogens (primary N) is 1. The van der Waals surface area contributed by atoms with Gasteiger partial charge in [0.2, 0.25) is 5.82 Å². The lowest BCUT2D eigenvalue weighted by atomic mass is 10.5. The molecule has 8 heteroatoms. The van der Waals surface area contributed by atoms with Gasteiger partial charge in [-0.2, -0.15) is 0 Å². The van der Waals surface area contributed by atoms with Gasteiger partial charge in [0.15, 0.2) is 0 Å². The highest BCUT2D eigenvalue weighted by Crippen LogP contribution is 2.14. The Morgan fingerprint density at radius 3 is 2.79 bits per heavy atom. The molecule has 14 heavy (non-hydrogen) atoms. The number of halogens is 2. The maximum Gasteiger partial charge on any atom is 0.342 e. The molecule has 0 fully saturated rings. The van der Waals surface area contributed by atoms with Crippen molar-refractivity contribution in [2.75, 3.05) is 6.54 Å². The summed E-state index contributed by atoms with van der Waals surface area (Å²) in [5, 5.41) is 10.5. The van der Waals surface area contributed by atoms with Gasteiger partial charge in [0.1, 0.15) is 18.6 Å². The highest BCUT2D eigenvalue weighted by atomic mass is 35.5. The Kier molecular flexibility index (Phi) is 5.44. The third kappa shape index (κ3) is 2.57. The second-order valence-electron chi connectivity index (χ2n) is 2.36. The van der Waals surface area contributed by atoms with E-state index in [0.29, 0.717) is 18.9 Å². The van der Waals surface area contributed by atoms with Crippen LogP contribution in [0.1, 0.15) is 5.82 Å². The number of aromatic nitrogens is 2. The van der Waals surface area contributed by atoms with Gasteiger partial charge in [-0.1, -0.05) is 0 Å². The average molecular weight is 241 g/mol. The monoisotopic (exact) mass is 240 g/mol. The molecule has 1 heterocycles. The summed E-state index contributed by atoms with van der Waals surface area (Å²) < 4.78 is 1.41. The van der Waals surface area contributed by atoms with Crippen LogP contribution in [0.4, 0.5) is 5.82 Å². The van der Waals surface area contributed by atoms with Gasteiger partial charge >= 0.3 is 5.82 Å². The van der Waals surface area contributed by atoms with Gasteiger partial charge in [0, 0.05) is 6.54 Å². The van der Waals surface area contributed by atoms with Crippen LogP contribution in [0.25, 0.3) is 0 Å². The molecule has 0 bridgehead atoms. The molecule has 0 aliphatic heterocycles. The Morgan fingerprint density at radius 2 is 2.36 bits per heavy atom. The van der Waals surface area contributed by atoms with Crippen molar-refractivity contribution in [1.29, 1.82) is 0 Å². The number of nitro groups is 1. The molecule has 0 saturated heterocycles. The van der Waals surface area contributed by atoms with Crippen molar-refractivity contribution < 1.29 is 4.92 Å². The van der Waals surface area contributed by atoms with Crippen LogP contribution in [0.2, 0.25) is 0 Å². The summed E-state index contributed by atoms with van der Waals surface area (Å²) in [6, 6.07) is 0. The highest BCUT2D eigenvalue weighted by molar-refractivity contribution is 6.16. The molecule has 0 radical (unpaired) electrons. The molecule has 0 amide bonds. The molecule has 2 N–H and O–H groups in total. The van der Waals surface area contributed by atoms with E-state index in [9.17, 15) is 10.1 Å². The minimum atomic E-state index is -0.501. The van der Waals surface area contributed by atoms with Crippen LogP contribution >= 0.6 is 24.0 Å². The van der Waals surface area contributed by atoms with E-state index in [-0.39, 0.29) is 24.1 Å². The van der Waals surface area contributed by atoms with Crippen molar-refractivity contribution >= 4 is 29.8 Å². The summed E-state index contributed by atoms with van der Waals surface area (Å²) in [6.07, 6.45) is 1.19. The second-order valence-corrected chi connectivity index (χ2v) is 2.63. The standard InChI is InChI=1S/C6H9ClN4O2.ClH/c7-3-5-9-4-6(11(12)13)10(5)2-1-8;/h4H,1-3,8H2;1H. The van der Waals surface area contributed by atoms with Crippen molar-refractivity contribution in [3.8, 4) is 0 Å². The van der Waals surface area contributed by atoms with Gasteiger partial charge in [-0.3, -0.25) is 0 Å². The van der Waals surface area contributed by atoms with E-state index in [0.717, 1.165) is 0 Å². The fourth-order valence-electron chi connectivity index (χ4n) is 1.03. The Bertz CT molecular complexity index is 315. The zero-order chi connectivity index (χ0) is 9.84. The lowest BCUT2D eigenvalue weighted by Crippen LogP contribution is -2.13. The first-order valence-electron chi connectivity index (χ1n) is 3.65. The number of imidazole rings is 1. The maximum atomic E-state index is 10.5. The maximum absolute atomic E-state index is 10.5. The number of hydrogen-bond acceptors (Lipinski definition) is 4. The first-order chi connectivity index (χ1) is 6.20. The summed E-state index contributed by atoms with van der Waals surface area (Å²) >= 11 is 5.54. The third-order valence-corrected chi connectivity index (χ3v) is 1.82. The SMILES string of the molecule is Cl.NCCn1c([N+](=O)[O-])cnc1CCl. The predicted octanol–water partition coefficient (Wildman–Crippen LogP) is 0.911. The second kappa shape index (κ2) is 5.79. The molecule has 1 aromatic heterocycles. The Balaban J connectivity index is 0.00000169. The number of rotatable bonds is 4. The normalized spacial score (nSPS) is 9.57. The van der Waals surface area contributed by atoms with Crippen LogP contribution in [0.15, 0.2) is 6.20 Å². The van der Waals surface area contributed by atoms with Crippen LogP contribution < -0.4 is 5.73 Å². The number of alkyl halides is 1. The topological polar surface area (TPSA) is 87.0 Å². The van der Waals surface area contributed by atoms with Gasteiger partial charge in [-0.05, 0) is 4.92 Å². The molecule has 1 aromatic rings. The summed E-state index contributed by atoms with van der Waals surface area (Å²) in [5.74, 6) is 0.549. The fourth-order valence-corrected chi connectivity index (χ4v) is 1.24. The smallest absolute Gasteiger partial charge is 0.342 e. The average Bonchev–Trinajstić information content (AvgIpc) is 2.48. The van der Waals surface area contributed by atoms with Crippen LogP contribution in [0, 0.1) is 10.1 Å². The fraction of sp³-hybridized carbons (Fsp3) is 0.500. The molecule has 0 unspecified atom stereocenters. The summed E-state index contributed by atoms with van der Waals surface area (Å²) in [5.41, 5.74) is 5.30. The summed E-state index contributed by atoms with van der Waals surface area (Å²) in [7, 11) is 0. The number of hydrogen-bond donors (Lipinski definition) is 1. The quantitative estimate of drug-likeness (QED) is 0.482.